The van der Waals surface area contributed by atoms with Crippen molar-refractivity contribution >= 4 is 0 Å². The minimum Gasteiger partial charge on any atom is -0.491 e. The number of epoxide rings is 2. The van der Waals surface area contributed by atoms with E-state index in [-0.39, 0.29) is 17.6 Å². The Hall–Kier alpha value is -2.04. The van der Waals surface area contributed by atoms with E-state index < -0.39 is 0 Å². The van der Waals surface area contributed by atoms with E-state index in [1.54, 1.807) is 0 Å². The van der Waals surface area contributed by atoms with Gasteiger partial charge in [-0.1, -0.05) is 76.6 Å². The van der Waals surface area contributed by atoms with Crippen LogP contribution in [0.1, 0.15) is 69.9 Å². The van der Waals surface area contributed by atoms with Gasteiger partial charge in [0.25, 0.3) is 0 Å². The third-order valence-corrected chi connectivity index (χ3v) is 6.69. The third-order valence-electron chi connectivity index (χ3n) is 6.69. The van der Waals surface area contributed by atoms with Gasteiger partial charge >= 0.3 is 0 Å². The van der Waals surface area contributed by atoms with Gasteiger partial charge in [0.05, 0.1) is 13.2 Å². The molecule has 4 heteroatoms. The van der Waals surface area contributed by atoms with Crippen LogP contribution in [0.15, 0.2) is 48.5 Å². The van der Waals surface area contributed by atoms with E-state index in [4.69, 9.17) is 18.9 Å². The molecule has 174 valence electrons. The minimum absolute atomic E-state index is 0.0407. The highest BCUT2D eigenvalue weighted by molar-refractivity contribution is 5.42. The number of hydrogen-bond acceptors (Lipinski definition) is 4. The summed E-state index contributed by atoms with van der Waals surface area (Å²) in [4.78, 5) is 0. The summed E-state index contributed by atoms with van der Waals surface area (Å²) in [5.74, 6) is 1.83. The molecule has 0 aliphatic carbocycles. The molecule has 0 amide bonds. The zero-order valence-electron chi connectivity index (χ0n) is 19.7. The average molecular weight is 439 g/mol. The normalized spacial score (nSPS) is 21.1. The highest BCUT2D eigenvalue weighted by Crippen LogP contribution is 2.38. The van der Waals surface area contributed by atoms with Crippen LogP contribution < -0.4 is 9.47 Å². The lowest BCUT2D eigenvalue weighted by Gasteiger charge is -2.31. The molecule has 2 aromatic rings. The van der Waals surface area contributed by atoms with Crippen LogP contribution in [0.3, 0.4) is 0 Å². The van der Waals surface area contributed by atoms with Crippen LogP contribution in [-0.2, 0) is 14.9 Å². The van der Waals surface area contributed by atoms with Crippen molar-refractivity contribution in [3.05, 3.63) is 59.7 Å². The molecule has 0 spiro atoms. The molecule has 2 aliphatic heterocycles. The molecule has 2 aromatic carbocycles. The molecule has 0 aromatic heterocycles. The summed E-state index contributed by atoms with van der Waals surface area (Å²) in [6, 6.07) is 17.3. The van der Waals surface area contributed by atoms with Crippen molar-refractivity contribution in [1.82, 2.24) is 0 Å². The first kappa shape index (κ1) is 23.1. The standard InChI is InChI=1S/C28H38O4/c1-3-4-5-6-7-8-17-28(2,22-9-13-24(14-10-22)29-18-26-20-31-26)23-11-15-25(16-12-23)30-19-27-21-32-27/h9-16,26-27H,3-8,17-21H2,1-2H3. The third kappa shape index (κ3) is 6.73. The molecule has 0 bridgehead atoms. The molecule has 0 radical (unpaired) electrons. The van der Waals surface area contributed by atoms with Gasteiger partial charge in [-0.05, 0) is 41.8 Å². The summed E-state index contributed by atoms with van der Waals surface area (Å²) in [7, 11) is 0. The molecule has 0 saturated carbocycles. The molecule has 32 heavy (non-hydrogen) atoms. The molecule has 2 fully saturated rings. The molecule has 4 nitrogen and oxygen atoms in total. The summed E-state index contributed by atoms with van der Waals surface area (Å²) in [5.41, 5.74) is 2.63. The van der Waals surface area contributed by atoms with Crippen LogP contribution in [0.4, 0.5) is 0 Å². The second-order valence-electron chi connectivity index (χ2n) is 9.43. The fraction of sp³-hybridized carbons (Fsp3) is 0.571. The van der Waals surface area contributed by atoms with Gasteiger partial charge in [-0.3, -0.25) is 0 Å². The highest BCUT2D eigenvalue weighted by atomic mass is 16.6. The van der Waals surface area contributed by atoms with Gasteiger partial charge in [-0.2, -0.15) is 0 Å². The van der Waals surface area contributed by atoms with E-state index in [9.17, 15) is 0 Å². The molecule has 0 N–H and O–H groups in total. The van der Waals surface area contributed by atoms with Gasteiger partial charge in [0.15, 0.2) is 0 Å². The Kier molecular flexibility index (Phi) is 8.10. The van der Waals surface area contributed by atoms with Crippen LogP contribution in [-0.4, -0.2) is 38.6 Å². The van der Waals surface area contributed by atoms with Crippen LogP contribution in [0.2, 0.25) is 0 Å². The molecular weight excluding hydrogens is 400 g/mol. The lowest BCUT2D eigenvalue weighted by Crippen LogP contribution is -2.23. The smallest absolute Gasteiger partial charge is 0.119 e. The maximum atomic E-state index is 5.85. The minimum atomic E-state index is -0.0407. The summed E-state index contributed by atoms with van der Waals surface area (Å²) in [5, 5.41) is 0. The van der Waals surface area contributed by atoms with Gasteiger partial charge in [0.1, 0.15) is 36.9 Å². The second-order valence-corrected chi connectivity index (χ2v) is 9.43. The van der Waals surface area contributed by atoms with Crippen molar-refractivity contribution in [2.24, 2.45) is 0 Å². The molecule has 2 heterocycles. The zero-order valence-corrected chi connectivity index (χ0v) is 19.7. The Bertz CT molecular complexity index is 747. The second kappa shape index (κ2) is 11.2. The Morgan fingerprint density at radius 2 is 1.16 bits per heavy atom. The lowest BCUT2D eigenvalue weighted by molar-refractivity contribution is 0.262. The Morgan fingerprint density at radius 1 is 0.719 bits per heavy atom. The van der Waals surface area contributed by atoms with E-state index in [2.05, 4.69) is 62.4 Å². The summed E-state index contributed by atoms with van der Waals surface area (Å²) < 4.78 is 22.2. The Balaban J connectivity index is 1.43. The van der Waals surface area contributed by atoms with Crippen LogP contribution in [0.5, 0.6) is 11.5 Å². The Labute approximate surface area is 193 Å². The summed E-state index contributed by atoms with van der Waals surface area (Å²) in [6.07, 6.45) is 9.52. The van der Waals surface area contributed by atoms with E-state index in [0.29, 0.717) is 13.2 Å². The van der Waals surface area contributed by atoms with Crippen LogP contribution >= 0.6 is 0 Å². The fourth-order valence-corrected chi connectivity index (χ4v) is 4.26. The van der Waals surface area contributed by atoms with Gasteiger partial charge in [-0.25, -0.2) is 0 Å². The first-order valence-corrected chi connectivity index (χ1v) is 12.4. The van der Waals surface area contributed by atoms with E-state index in [1.165, 1.54) is 49.7 Å². The number of hydrogen-bond donors (Lipinski definition) is 0. The maximum absolute atomic E-state index is 5.85. The van der Waals surface area contributed by atoms with Crippen LogP contribution in [0.25, 0.3) is 0 Å². The molecule has 2 unspecified atom stereocenters. The van der Waals surface area contributed by atoms with Gasteiger partial charge in [-0.15, -0.1) is 0 Å². The number of rotatable bonds is 15. The van der Waals surface area contributed by atoms with E-state index in [0.717, 1.165) is 31.1 Å². The quantitative estimate of drug-likeness (QED) is 0.242. The number of unbranched alkanes of at least 4 members (excludes halogenated alkanes) is 5. The lowest BCUT2D eigenvalue weighted by atomic mass is 9.72. The first-order chi connectivity index (χ1) is 15.7. The monoisotopic (exact) mass is 438 g/mol. The SMILES string of the molecule is CCCCCCCCC(C)(c1ccc(OCC2CO2)cc1)c1ccc(OCC2CO2)cc1. The zero-order chi connectivity index (χ0) is 22.2. The number of benzene rings is 2. The molecule has 2 saturated heterocycles. The average Bonchev–Trinajstić information content (AvgIpc) is 3.74. The number of ether oxygens (including phenoxy) is 4. The van der Waals surface area contributed by atoms with Gasteiger partial charge < -0.3 is 18.9 Å². The van der Waals surface area contributed by atoms with Crippen LogP contribution in [0, 0.1) is 0 Å². The van der Waals surface area contributed by atoms with E-state index >= 15 is 0 Å². The summed E-state index contributed by atoms with van der Waals surface area (Å²) in [6.45, 7) is 7.57. The predicted molar refractivity (Wildman–Crippen MR) is 128 cm³/mol. The van der Waals surface area contributed by atoms with Crippen molar-refractivity contribution in [2.75, 3.05) is 26.4 Å². The molecule has 2 aliphatic rings. The topological polar surface area (TPSA) is 43.5 Å². The van der Waals surface area contributed by atoms with Gasteiger partial charge in [0.2, 0.25) is 0 Å². The molecular formula is C28H38O4. The largest absolute Gasteiger partial charge is 0.491 e. The molecule has 4 rings (SSSR count). The fourth-order valence-electron chi connectivity index (χ4n) is 4.26. The van der Waals surface area contributed by atoms with Crippen molar-refractivity contribution in [1.29, 1.82) is 0 Å². The van der Waals surface area contributed by atoms with Crippen molar-refractivity contribution in [2.45, 2.75) is 76.4 Å². The van der Waals surface area contributed by atoms with Crippen molar-refractivity contribution in [3.8, 4) is 11.5 Å². The highest BCUT2D eigenvalue weighted by Gasteiger charge is 2.29. The predicted octanol–water partition coefficient (Wildman–Crippen LogP) is 6.30. The van der Waals surface area contributed by atoms with Crippen molar-refractivity contribution in [3.63, 3.8) is 0 Å². The Morgan fingerprint density at radius 3 is 1.59 bits per heavy atom. The first-order valence-electron chi connectivity index (χ1n) is 12.4. The summed E-state index contributed by atoms with van der Waals surface area (Å²) >= 11 is 0. The van der Waals surface area contributed by atoms with E-state index in [1.807, 2.05) is 0 Å². The maximum Gasteiger partial charge on any atom is 0.119 e. The molecule has 2 atom stereocenters. The van der Waals surface area contributed by atoms with Crippen molar-refractivity contribution < 1.29 is 18.9 Å². The van der Waals surface area contributed by atoms with Gasteiger partial charge in [0, 0.05) is 5.41 Å².